The number of nitrogens with one attached hydrogen (secondary N) is 1. The molecule has 1 aromatic carbocycles. The first kappa shape index (κ1) is 13.5. The second-order valence-electron chi connectivity index (χ2n) is 4.18. The molecule has 0 aliphatic carbocycles. The lowest BCUT2D eigenvalue weighted by Crippen LogP contribution is -2.29. The number of nitrogens with zero attached hydrogens (tertiary/aromatic N) is 2. The van der Waals surface area contributed by atoms with Crippen molar-refractivity contribution in [2.45, 2.75) is 19.4 Å². The van der Waals surface area contributed by atoms with Crippen LogP contribution in [0.5, 0.6) is 5.88 Å². The molecule has 0 radical (unpaired) electrons. The summed E-state index contributed by atoms with van der Waals surface area (Å²) in [4.78, 5) is 8.24. The molecule has 3 N–H and O–H groups in total. The Labute approximate surface area is 112 Å². The van der Waals surface area contributed by atoms with E-state index in [0.29, 0.717) is 5.88 Å². The van der Waals surface area contributed by atoms with Gasteiger partial charge in [0.25, 0.3) is 0 Å². The highest BCUT2D eigenvalue weighted by Crippen LogP contribution is 2.21. The third-order valence-corrected chi connectivity index (χ3v) is 3.06. The van der Waals surface area contributed by atoms with Gasteiger partial charge >= 0.3 is 0 Å². The van der Waals surface area contributed by atoms with Gasteiger partial charge in [-0.2, -0.15) is 0 Å². The Kier molecular flexibility index (Phi) is 4.43. The molecule has 100 valence electrons. The van der Waals surface area contributed by atoms with E-state index in [2.05, 4.69) is 46.6 Å². The minimum Gasteiger partial charge on any atom is -0.481 e. The van der Waals surface area contributed by atoms with E-state index in [-0.39, 0.29) is 6.04 Å². The zero-order valence-corrected chi connectivity index (χ0v) is 11.1. The second-order valence-corrected chi connectivity index (χ2v) is 4.18. The highest BCUT2D eigenvalue weighted by molar-refractivity contribution is 5.31. The van der Waals surface area contributed by atoms with Gasteiger partial charge in [-0.05, 0) is 17.5 Å². The molecular weight excluding hydrogens is 240 g/mol. The zero-order chi connectivity index (χ0) is 13.7. The predicted octanol–water partition coefficient (Wildman–Crippen LogP) is 1.60. The van der Waals surface area contributed by atoms with E-state index in [1.165, 1.54) is 11.9 Å². The van der Waals surface area contributed by atoms with Gasteiger partial charge in [0.2, 0.25) is 5.88 Å². The molecular formula is C14H18N4O. The number of hydrogen-bond donors (Lipinski definition) is 2. The van der Waals surface area contributed by atoms with Crippen molar-refractivity contribution in [1.29, 1.82) is 0 Å². The van der Waals surface area contributed by atoms with Gasteiger partial charge in [0.1, 0.15) is 6.33 Å². The van der Waals surface area contributed by atoms with Crippen LogP contribution >= 0.6 is 0 Å². The average Bonchev–Trinajstić information content (AvgIpc) is 2.49. The monoisotopic (exact) mass is 258 g/mol. The van der Waals surface area contributed by atoms with Gasteiger partial charge in [-0.1, -0.05) is 31.2 Å². The van der Waals surface area contributed by atoms with Crippen LogP contribution in [0.15, 0.2) is 36.7 Å². The molecule has 0 saturated carbocycles. The summed E-state index contributed by atoms with van der Waals surface area (Å²) in [5, 5.41) is 0. The third-order valence-electron chi connectivity index (χ3n) is 3.06. The van der Waals surface area contributed by atoms with Gasteiger partial charge < -0.3 is 4.74 Å². The van der Waals surface area contributed by atoms with Crippen LogP contribution in [0.25, 0.3) is 0 Å². The van der Waals surface area contributed by atoms with Crippen molar-refractivity contribution in [2.24, 2.45) is 5.84 Å². The summed E-state index contributed by atoms with van der Waals surface area (Å²) >= 11 is 0. The first-order valence-corrected chi connectivity index (χ1v) is 6.19. The predicted molar refractivity (Wildman–Crippen MR) is 73.6 cm³/mol. The van der Waals surface area contributed by atoms with Gasteiger partial charge in [0, 0.05) is 6.07 Å². The van der Waals surface area contributed by atoms with Crippen LogP contribution in [-0.2, 0) is 6.42 Å². The number of benzene rings is 1. The number of aryl methyl sites for hydroxylation is 1. The second kappa shape index (κ2) is 6.26. The van der Waals surface area contributed by atoms with Crippen molar-refractivity contribution in [2.75, 3.05) is 7.11 Å². The van der Waals surface area contributed by atoms with Crippen molar-refractivity contribution in [3.8, 4) is 5.88 Å². The van der Waals surface area contributed by atoms with Crippen molar-refractivity contribution < 1.29 is 4.74 Å². The lowest BCUT2D eigenvalue weighted by Gasteiger charge is -2.16. The van der Waals surface area contributed by atoms with Crippen molar-refractivity contribution in [3.05, 3.63) is 53.5 Å². The minimum absolute atomic E-state index is 0.178. The number of hydrogen-bond acceptors (Lipinski definition) is 5. The van der Waals surface area contributed by atoms with E-state index in [9.17, 15) is 0 Å². The molecule has 1 heterocycles. The normalized spacial score (nSPS) is 12.2. The molecule has 0 fully saturated rings. The van der Waals surface area contributed by atoms with Crippen LogP contribution < -0.4 is 16.0 Å². The quantitative estimate of drug-likeness (QED) is 0.629. The number of aromatic nitrogens is 2. The number of rotatable bonds is 5. The maximum atomic E-state index is 5.65. The first-order chi connectivity index (χ1) is 9.28. The third kappa shape index (κ3) is 3.07. The Bertz CT molecular complexity index is 527. The number of ether oxygens (including phenoxy) is 1. The minimum atomic E-state index is -0.178. The molecule has 0 bridgehead atoms. The van der Waals surface area contributed by atoms with Gasteiger partial charge in [-0.15, -0.1) is 0 Å². The molecule has 1 unspecified atom stereocenters. The number of hydrazine groups is 1. The van der Waals surface area contributed by atoms with Gasteiger partial charge in [0.15, 0.2) is 0 Å². The lowest BCUT2D eigenvalue weighted by molar-refractivity contribution is 0.395. The number of nitrogens with two attached hydrogens (primary N) is 1. The van der Waals surface area contributed by atoms with Crippen molar-refractivity contribution in [3.63, 3.8) is 0 Å². The fraction of sp³-hybridized carbons (Fsp3) is 0.286. The highest BCUT2D eigenvalue weighted by Gasteiger charge is 2.14. The van der Waals surface area contributed by atoms with Crippen LogP contribution in [-0.4, -0.2) is 17.1 Å². The Balaban J connectivity index is 2.31. The number of methoxy groups -OCH3 is 1. The topological polar surface area (TPSA) is 73.1 Å². The summed E-state index contributed by atoms with van der Waals surface area (Å²) in [5.41, 5.74) is 5.90. The molecule has 1 aromatic heterocycles. The summed E-state index contributed by atoms with van der Waals surface area (Å²) < 4.78 is 5.10. The molecule has 5 heteroatoms. The summed E-state index contributed by atoms with van der Waals surface area (Å²) in [5.74, 6) is 6.17. The molecule has 0 aliphatic heterocycles. The largest absolute Gasteiger partial charge is 0.481 e. The van der Waals surface area contributed by atoms with Crippen LogP contribution in [0.1, 0.15) is 29.8 Å². The molecule has 0 spiro atoms. The van der Waals surface area contributed by atoms with E-state index in [4.69, 9.17) is 10.6 Å². The molecule has 0 aliphatic rings. The fourth-order valence-corrected chi connectivity index (χ4v) is 1.92. The average molecular weight is 258 g/mol. The Hall–Kier alpha value is -1.98. The standard InChI is InChI=1S/C14H18N4O/c1-3-10-4-6-11(7-5-10)14(18-15)12-8-13(19-2)17-9-16-12/h4-9,14,18H,3,15H2,1-2H3. The Morgan fingerprint density at radius 3 is 2.58 bits per heavy atom. The summed E-state index contributed by atoms with van der Waals surface area (Å²) in [6.07, 6.45) is 2.49. The first-order valence-electron chi connectivity index (χ1n) is 6.19. The van der Waals surface area contributed by atoms with Crippen molar-refractivity contribution >= 4 is 0 Å². The summed E-state index contributed by atoms with van der Waals surface area (Å²) in [6.45, 7) is 2.13. The SMILES string of the molecule is CCc1ccc(C(NN)c2cc(OC)ncn2)cc1. The van der Waals surface area contributed by atoms with E-state index < -0.39 is 0 Å². The molecule has 0 saturated heterocycles. The molecule has 2 rings (SSSR count). The molecule has 19 heavy (non-hydrogen) atoms. The highest BCUT2D eigenvalue weighted by atomic mass is 16.5. The Morgan fingerprint density at radius 2 is 2.00 bits per heavy atom. The van der Waals surface area contributed by atoms with E-state index in [0.717, 1.165) is 17.7 Å². The van der Waals surface area contributed by atoms with Gasteiger partial charge in [0.05, 0.1) is 18.8 Å². The van der Waals surface area contributed by atoms with Crippen LogP contribution in [0.3, 0.4) is 0 Å². The van der Waals surface area contributed by atoms with Crippen molar-refractivity contribution in [1.82, 2.24) is 15.4 Å². The maximum absolute atomic E-state index is 5.65. The maximum Gasteiger partial charge on any atom is 0.216 e. The molecule has 1 atom stereocenters. The van der Waals surface area contributed by atoms with Crippen LogP contribution in [0, 0.1) is 0 Å². The fourth-order valence-electron chi connectivity index (χ4n) is 1.92. The van der Waals surface area contributed by atoms with E-state index in [1.54, 1.807) is 13.2 Å². The molecule has 0 amide bonds. The van der Waals surface area contributed by atoms with Crippen LogP contribution in [0.2, 0.25) is 0 Å². The van der Waals surface area contributed by atoms with Crippen LogP contribution in [0.4, 0.5) is 0 Å². The lowest BCUT2D eigenvalue weighted by atomic mass is 10.0. The summed E-state index contributed by atoms with van der Waals surface area (Å²) in [6, 6.07) is 9.90. The van der Waals surface area contributed by atoms with Gasteiger partial charge in [-0.25, -0.2) is 15.4 Å². The van der Waals surface area contributed by atoms with E-state index in [1.807, 2.05) is 0 Å². The summed E-state index contributed by atoms with van der Waals surface area (Å²) in [7, 11) is 1.58. The molecule has 5 nitrogen and oxygen atoms in total. The Morgan fingerprint density at radius 1 is 1.26 bits per heavy atom. The van der Waals surface area contributed by atoms with Gasteiger partial charge in [-0.3, -0.25) is 5.84 Å². The molecule has 2 aromatic rings. The van der Waals surface area contributed by atoms with E-state index >= 15 is 0 Å². The zero-order valence-electron chi connectivity index (χ0n) is 11.1. The smallest absolute Gasteiger partial charge is 0.216 e.